The number of esters is 1. The Morgan fingerprint density at radius 1 is 1.12 bits per heavy atom. The van der Waals surface area contributed by atoms with E-state index < -0.39 is 28.3 Å². The summed E-state index contributed by atoms with van der Waals surface area (Å²) in [5, 5.41) is 0. The normalized spacial score (nSPS) is 13.6. The molecule has 2 rings (SSSR count). The Bertz CT molecular complexity index is 842. The summed E-state index contributed by atoms with van der Waals surface area (Å²) in [5.41, 5.74) is 1.33. The smallest absolute Gasteiger partial charge is 0.338 e. The molecular weight excluding hydrogens is 352 g/mol. The summed E-state index contributed by atoms with van der Waals surface area (Å²) in [6.07, 6.45) is 0.178. The molecule has 0 heterocycles. The molecule has 0 spiro atoms. The summed E-state index contributed by atoms with van der Waals surface area (Å²) >= 11 is 0. The lowest BCUT2D eigenvalue weighted by Crippen LogP contribution is -2.33. The second-order valence-electron chi connectivity index (χ2n) is 5.90. The van der Waals surface area contributed by atoms with Crippen molar-refractivity contribution in [1.29, 1.82) is 0 Å². The largest absolute Gasteiger partial charge is 0.456 e. The van der Waals surface area contributed by atoms with Gasteiger partial charge in [0.25, 0.3) is 10.1 Å². The molecule has 2 atom stereocenters. The maximum Gasteiger partial charge on any atom is 0.338 e. The van der Waals surface area contributed by atoms with Gasteiger partial charge in [-0.25, -0.2) is 4.79 Å². The lowest BCUT2D eigenvalue weighted by atomic mass is 10.1. The van der Waals surface area contributed by atoms with Crippen LogP contribution in [0.15, 0.2) is 72.1 Å². The predicted octanol–water partition coefficient (Wildman–Crippen LogP) is 3.89. The molecule has 0 saturated carbocycles. The molecule has 0 fully saturated rings. The van der Waals surface area contributed by atoms with Crippen molar-refractivity contribution in [1.82, 2.24) is 0 Å². The van der Waals surface area contributed by atoms with Gasteiger partial charge in [0.15, 0.2) is 0 Å². The third-order valence-electron chi connectivity index (χ3n) is 3.78. The summed E-state index contributed by atoms with van der Waals surface area (Å²) in [4.78, 5) is 12.3. The Labute approximate surface area is 154 Å². The van der Waals surface area contributed by atoms with Crippen molar-refractivity contribution in [2.45, 2.75) is 37.4 Å². The Morgan fingerprint density at radius 2 is 1.73 bits per heavy atom. The highest BCUT2D eigenvalue weighted by Gasteiger charge is 2.27. The first kappa shape index (κ1) is 19.9. The molecule has 0 N–H and O–H groups in total. The molecular formula is C20H22O5S. The van der Waals surface area contributed by atoms with Gasteiger partial charge in [-0.2, -0.15) is 8.42 Å². The van der Waals surface area contributed by atoms with Crippen LogP contribution < -0.4 is 0 Å². The zero-order valence-corrected chi connectivity index (χ0v) is 15.6. The Hall–Kier alpha value is -2.44. The van der Waals surface area contributed by atoms with Gasteiger partial charge in [-0.15, -0.1) is 6.58 Å². The SMILES string of the molecule is C=CC[C@@H](OC(=O)c1ccccc1)[C@@H](C)OS(=O)(=O)c1ccc(C)cc1. The van der Waals surface area contributed by atoms with Crippen molar-refractivity contribution in [3.63, 3.8) is 0 Å². The molecule has 0 aliphatic heterocycles. The third-order valence-corrected chi connectivity index (χ3v) is 5.18. The molecule has 0 saturated heterocycles. The first-order valence-electron chi connectivity index (χ1n) is 8.20. The van der Waals surface area contributed by atoms with Gasteiger partial charge in [0, 0.05) is 6.42 Å². The molecule has 5 nitrogen and oxygen atoms in total. The highest BCUT2D eigenvalue weighted by Crippen LogP contribution is 2.19. The fourth-order valence-electron chi connectivity index (χ4n) is 2.30. The van der Waals surface area contributed by atoms with Crippen LogP contribution in [-0.2, 0) is 19.0 Å². The molecule has 0 unspecified atom stereocenters. The Kier molecular flexibility index (Phi) is 6.71. The number of hydrogen-bond donors (Lipinski definition) is 0. The van der Waals surface area contributed by atoms with Crippen LogP contribution >= 0.6 is 0 Å². The van der Waals surface area contributed by atoms with Gasteiger partial charge >= 0.3 is 5.97 Å². The molecule has 138 valence electrons. The fraction of sp³-hybridized carbons (Fsp3) is 0.250. The molecule has 26 heavy (non-hydrogen) atoms. The average molecular weight is 374 g/mol. The van der Waals surface area contributed by atoms with Crippen LogP contribution in [-0.4, -0.2) is 26.6 Å². The second kappa shape index (κ2) is 8.78. The van der Waals surface area contributed by atoms with Gasteiger partial charge in [-0.3, -0.25) is 4.18 Å². The second-order valence-corrected chi connectivity index (χ2v) is 7.47. The Balaban J connectivity index is 2.12. The topological polar surface area (TPSA) is 69.7 Å². The number of aryl methyl sites for hydroxylation is 1. The minimum Gasteiger partial charge on any atom is -0.456 e. The maximum absolute atomic E-state index is 12.4. The molecule has 0 bridgehead atoms. The van der Waals surface area contributed by atoms with E-state index in [2.05, 4.69) is 6.58 Å². The minimum atomic E-state index is -3.97. The molecule has 2 aromatic rings. The number of carbonyl (C=O) groups is 1. The maximum atomic E-state index is 12.4. The highest BCUT2D eigenvalue weighted by atomic mass is 32.2. The summed E-state index contributed by atoms with van der Waals surface area (Å²) < 4.78 is 35.6. The van der Waals surface area contributed by atoms with Crippen LogP contribution in [0.5, 0.6) is 0 Å². The number of benzene rings is 2. The average Bonchev–Trinajstić information content (AvgIpc) is 2.62. The van der Waals surface area contributed by atoms with Crippen LogP contribution in [0.2, 0.25) is 0 Å². The number of rotatable bonds is 8. The van der Waals surface area contributed by atoms with Gasteiger partial charge < -0.3 is 4.74 Å². The monoisotopic (exact) mass is 374 g/mol. The van der Waals surface area contributed by atoms with E-state index in [4.69, 9.17) is 8.92 Å². The molecule has 6 heteroatoms. The van der Waals surface area contributed by atoms with Crippen LogP contribution in [0.25, 0.3) is 0 Å². The lowest BCUT2D eigenvalue weighted by molar-refractivity contribution is -0.00176. The van der Waals surface area contributed by atoms with Gasteiger partial charge in [0.05, 0.1) is 10.5 Å². The van der Waals surface area contributed by atoms with E-state index in [-0.39, 0.29) is 11.3 Å². The van der Waals surface area contributed by atoms with Gasteiger partial charge in [0.1, 0.15) is 12.2 Å². The van der Waals surface area contributed by atoms with Crippen LogP contribution in [0.1, 0.15) is 29.3 Å². The molecule has 0 amide bonds. The van der Waals surface area contributed by atoms with E-state index in [1.165, 1.54) is 12.1 Å². The predicted molar refractivity (Wildman–Crippen MR) is 99.4 cm³/mol. The van der Waals surface area contributed by atoms with E-state index in [0.29, 0.717) is 5.56 Å². The molecule has 0 aliphatic rings. The third kappa shape index (κ3) is 5.28. The van der Waals surface area contributed by atoms with Crippen molar-refractivity contribution < 1.29 is 22.1 Å². The number of hydrogen-bond acceptors (Lipinski definition) is 5. The highest BCUT2D eigenvalue weighted by molar-refractivity contribution is 7.86. The van der Waals surface area contributed by atoms with Gasteiger partial charge in [-0.05, 0) is 38.1 Å². The van der Waals surface area contributed by atoms with E-state index in [9.17, 15) is 13.2 Å². The molecule has 0 radical (unpaired) electrons. The molecule has 0 aliphatic carbocycles. The van der Waals surface area contributed by atoms with E-state index in [1.807, 2.05) is 6.92 Å². The van der Waals surface area contributed by atoms with Gasteiger partial charge in [-0.1, -0.05) is 42.0 Å². The van der Waals surface area contributed by atoms with Crippen molar-refractivity contribution in [3.8, 4) is 0 Å². The number of carbonyl (C=O) groups excluding carboxylic acids is 1. The van der Waals surface area contributed by atoms with Crippen molar-refractivity contribution in [3.05, 3.63) is 78.4 Å². The Morgan fingerprint density at radius 3 is 2.31 bits per heavy atom. The molecule has 0 aromatic heterocycles. The van der Waals surface area contributed by atoms with Crippen LogP contribution in [0.4, 0.5) is 0 Å². The van der Waals surface area contributed by atoms with Gasteiger partial charge in [0.2, 0.25) is 0 Å². The van der Waals surface area contributed by atoms with E-state index in [0.717, 1.165) is 5.56 Å². The fourth-order valence-corrected chi connectivity index (χ4v) is 3.41. The first-order valence-corrected chi connectivity index (χ1v) is 9.61. The van der Waals surface area contributed by atoms with Crippen molar-refractivity contribution >= 4 is 16.1 Å². The lowest BCUT2D eigenvalue weighted by Gasteiger charge is -2.23. The summed E-state index contributed by atoms with van der Waals surface area (Å²) in [7, 11) is -3.97. The quantitative estimate of drug-likeness (QED) is 0.398. The minimum absolute atomic E-state index is 0.0571. The van der Waals surface area contributed by atoms with Crippen molar-refractivity contribution in [2.24, 2.45) is 0 Å². The summed E-state index contributed by atoms with van der Waals surface area (Å²) in [6, 6.07) is 14.8. The molecule has 2 aromatic carbocycles. The first-order chi connectivity index (χ1) is 12.3. The van der Waals surface area contributed by atoms with E-state index >= 15 is 0 Å². The summed E-state index contributed by atoms with van der Waals surface area (Å²) in [5.74, 6) is -0.541. The summed E-state index contributed by atoms with van der Waals surface area (Å²) in [6.45, 7) is 7.05. The number of ether oxygens (including phenoxy) is 1. The van der Waals surface area contributed by atoms with Crippen LogP contribution in [0.3, 0.4) is 0 Å². The van der Waals surface area contributed by atoms with E-state index in [1.54, 1.807) is 55.5 Å². The standard InChI is InChI=1S/C20H22O5S/c1-4-8-19(24-20(21)17-9-6-5-7-10-17)16(3)25-26(22,23)18-13-11-15(2)12-14-18/h4-7,9-14,16,19H,1,8H2,2-3H3/t16-,19-/m1/s1. The van der Waals surface area contributed by atoms with Crippen LogP contribution in [0, 0.1) is 6.92 Å². The zero-order chi connectivity index (χ0) is 19.2. The van der Waals surface area contributed by atoms with Crippen molar-refractivity contribution in [2.75, 3.05) is 0 Å². The zero-order valence-electron chi connectivity index (χ0n) is 14.8.